The van der Waals surface area contributed by atoms with Crippen molar-refractivity contribution < 1.29 is 0 Å². The highest BCUT2D eigenvalue weighted by Gasteiger charge is 2.23. The minimum absolute atomic E-state index is 0.648. The summed E-state index contributed by atoms with van der Waals surface area (Å²) < 4.78 is 1.37. The van der Waals surface area contributed by atoms with Gasteiger partial charge in [0.15, 0.2) is 0 Å². The maximum Gasteiger partial charge on any atom is 0.0349 e. The molecule has 0 spiro atoms. The van der Waals surface area contributed by atoms with Gasteiger partial charge in [-0.05, 0) is 30.5 Å². The van der Waals surface area contributed by atoms with E-state index < -0.39 is 0 Å². The van der Waals surface area contributed by atoms with E-state index in [1.54, 1.807) is 0 Å². The number of rotatable bonds is 4. The first-order valence-corrected chi connectivity index (χ1v) is 8.70. The number of benzene rings is 1. The lowest BCUT2D eigenvalue weighted by atomic mass is 10.1. The predicted octanol–water partition coefficient (Wildman–Crippen LogP) is 2.89. The Morgan fingerprint density at radius 3 is 2.81 bits per heavy atom. The first kappa shape index (κ1) is 15.0. The van der Waals surface area contributed by atoms with Crippen molar-refractivity contribution in [2.45, 2.75) is 33.0 Å². The van der Waals surface area contributed by atoms with Gasteiger partial charge in [-0.25, -0.2) is 0 Å². The molecule has 1 atom stereocenters. The summed E-state index contributed by atoms with van der Waals surface area (Å²) in [5, 5.41) is 1.40. The summed E-state index contributed by atoms with van der Waals surface area (Å²) in [6.45, 7) is 10.9. The molecule has 114 valence electrons. The number of piperazine rings is 1. The molecule has 1 aliphatic rings. The van der Waals surface area contributed by atoms with Gasteiger partial charge >= 0.3 is 0 Å². The van der Waals surface area contributed by atoms with Crippen molar-refractivity contribution in [1.82, 2.24) is 9.80 Å². The number of nitrogens with zero attached hydrogens (tertiary/aromatic N) is 2. The molecule has 0 aliphatic carbocycles. The highest BCUT2D eigenvalue weighted by atomic mass is 32.1. The SMILES string of the molecule is CCN1CCN(Cc2c(CN)sc3ccccc23)CC1C. The molecule has 1 aliphatic heterocycles. The predicted molar refractivity (Wildman–Crippen MR) is 91.7 cm³/mol. The van der Waals surface area contributed by atoms with Crippen LogP contribution in [0.15, 0.2) is 24.3 Å². The summed E-state index contributed by atoms with van der Waals surface area (Å²) in [5.41, 5.74) is 7.43. The fourth-order valence-electron chi connectivity index (χ4n) is 3.40. The number of likely N-dealkylation sites (N-methyl/N-ethyl adjacent to an activating group) is 1. The fraction of sp³-hybridized carbons (Fsp3) is 0.529. The van der Waals surface area contributed by atoms with Crippen molar-refractivity contribution in [1.29, 1.82) is 0 Å². The zero-order chi connectivity index (χ0) is 14.8. The average Bonchev–Trinajstić information content (AvgIpc) is 2.86. The maximum atomic E-state index is 5.97. The van der Waals surface area contributed by atoms with Gasteiger partial charge in [0.25, 0.3) is 0 Å². The molecular formula is C17H25N3S. The first-order chi connectivity index (χ1) is 10.2. The molecule has 3 nitrogen and oxygen atoms in total. The van der Waals surface area contributed by atoms with Crippen molar-refractivity contribution in [3.63, 3.8) is 0 Å². The lowest BCUT2D eigenvalue weighted by Gasteiger charge is -2.39. The van der Waals surface area contributed by atoms with Crippen LogP contribution in [0.1, 0.15) is 24.3 Å². The number of nitrogens with two attached hydrogens (primary N) is 1. The van der Waals surface area contributed by atoms with Gasteiger partial charge in [-0.2, -0.15) is 0 Å². The van der Waals surface area contributed by atoms with Crippen LogP contribution in [0.25, 0.3) is 10.1 Å². The van der Waals surface area contributed by atoms with Crippen molar-refractivity contribution in [2.24, 2.45) is 5.73 Å². The quantitative estimate of drug-likeness (QED) is 0.942. The van der Waals surface area contributed by atoms with Gasteiger partial charge in [0.2, 0.25) is 0 Å². The number of thiophene rings is 1. The van der Waals surface area contributed by atoms with Crippen LogP contribution in [-0.2, 0) is 13.1 Å². The van der Waals surface area contributed by atoms with Gasteiger partial charge in [0.05, 0.1) is 0 Å². The summed E-state index contributed by atoms with van der Waals surface area (Å²) in [4.78, 5) is 6.50. The largest absolute Gasteiger partial charge is 0.326 e. The standard InChI is InChI=1S/C17H25N3S/c1-3-20-9-8-19(11-13(20)2)12-15-14-6-4-5-7-16(14)21-17(15)10-18/h4-7,13H,3,8-12,18H2,1-2H3. The number of hydrogen-bond donors (Lipinski definition) is 1. The summed E-state index contributed by atoms with van der Waals surface area (Å²) in [7, 11) is 0. The van der Waals surface area contributed by atoms with Crippen molar-refractivity contribution in [2.75, 3.05) is 26.2 Å². The van der Waals surface area contributed by atoms with E-state index in [-0.39, 0.29) is 0 Å². The Bertz CT molecular complexity index is 607. The second kappa shape index (κ2) is 6.44. The second-order valence-electron chi connectivity index (χ2n) is 5.92. The molecule has 1 saturated heterocycles. The smallest absolute Gasteiger partial charge is 0.0349 e. The summed E-state index contributed by atoms with van der Waals surface area (Å²) >= 11 is 1.86. The van der Waals surface area contributed by atoms with Gasteiger partial charge in [-0.15, -0.1) is 11.3 Å². The molecular weight excluding hydrogens is 278 g/mol. The highest BCUT2D eigenvalue weighted by molar-refractivity contribution is 7.19. The summed E-state index contributed by atoms with van der Waals surface area (Å²) in [5.74, 6) is 0. The monoisotopic (exact) mass is 303 g/mol. The van der Waals surface area contributed by atoms with Crippen LogP contribution >= 0.6 is 11.3 Å². The molecule has 0 amide bonds. The number of fused-ring (bicyclic) bond motifs is 1. The molecule has 2 heterocycles. The maximum absolute atomic E-state index is 5.97. The van der Waals surface area contributed by atoms with E-state index in [1.165, 1.54) is 27.1 Å². The Kier molecular flexibility index (Phi) is 4.60. The zero-order valence-corrected chi connectivity index (χ0v) is 13.8. The lowest BCUT2D eigenvalue weighted by molar-refractivity contribution is 0.0836. The average molecular weight is 303 g/mol. The third-order valence-electron chi connectivity index (χ3n) is 4.60. The summed E-state index contributed by atoms with van der Waals surface area (Å²) in [6, 6.07) is 9.35. The van der Waals surface area contributed by atoms with Crippen LogP contribution in [-0.4, -0.2) is 42.0 Å². The highest BCUT2D eigenvalue weighted by Crippen LogP contribution is 2.32. The van der Waals surface area contributed by atoms with Crippen molar-refractivity contribution in [3.05, 3.63) is 34.7 Å². The van der Waals surface area contributed by atoms with Gasteiger partial charge < -0.3 is 5.73 Å². The molecule has 0 saturated carbocycles. The lowest BCUT2D eigenvalue weighted by Crippen LogP contribution is -2.51. The molecule has 1 unspecified atom stereocenters. The Morgan fingerprint density at radius 2 is 2.10 bits per heavy atom. The van der Waals surface area contributed by atoms with E-state index in [9.17, 15) is 0 Å². The summed E-state index contributed by atoms with van der Waals surface area (Å²) in [6.07, 6.45) is 0. The van der Waals surface area contributed by atoms with Gasteiger partial charge in [-0.3, -0.25) is 9.80 Å². The van der Waals surface area contributed by atoms with Crippen LogP contribution in [0, 0.1) is 0 Å². The second-order valence-corrected chi connectivity index (χ2v) is 7.05. The first-order valence-electron chi connectivity index (χ1n) is 7.88. The third-order valence-corrected chi connectivity index (χ3v) is 5.84. The fourth-order valence-corrected chi connectivity index (χ4v) is 4.49. The topological polar surface area (TPSA) is 32.5 Å². The molecule has 1 aromatic carbocycles. The van der Waals surface area contributed by atoms with Gasteiger partial charge in [0.1, 0.15) is 0 Å². The Morgan fingerprint density at radius 1 is 1.29 bits per heavy atom. The molecule has 4 heteroatoms. The molecule has 1 aromatic heterocycles. The Hall–Kier alpha value is -0.940. The normalized spacial score (nSPS) is 21.2. The molecule has 0 radical (unpaired) electrons. The molecule has 1 fully saturated rings. The molecule has 0 bridgehead atoms. The van der Waals surface area contributed by atoms with E-state index in [0.29, 0.717) is 12.6 Å². The minimum atomic E-state index is 0.648. The van der Waals surface area contributed by atoms with Crippen LogP contribution < -0.4 is 5.73 Å². The van der Waals surface area contributed by atoms with E-state index >= 15 is 0 Å². The van der Waals surface area contributed by atoms with Crippen molar-refractivity contribution >= 4 is 21.4 Å². The van der Waals surface area contributed by atoms with Crippen LogP contribution in [0.2, 0.25) is 0 Å². The Balaban J connectivity index is 1.82. The molecule has 21 heavy (non-hydrogen) atoms. The van der Waals surface area contributed by atoms with E-state index in [1.807, 2.05) is 11.3 Å². The number of hydrogen-bond acceptors (Lipinski definition) is 4. The van der Waals surface area contributed by atoms with Gasteiger partial charge in [0, 0.05) is 48.3 Å². The molecule has 2 N–H and O–H groups in total. The van der Waals surface area contributed by atoms with Crippen LogP contribution in [0.5, 0.6) is 0 Å². The van der Waals surface area contributed by atoms with E-state index in [0.717, 1.165) is 26.2 Å². The van der Waals surface area contributed by atoms with E-state index in [2.05, 4.69) is 47.9 Å². The Labute approximate surface area is 131 Å². The minimum Gasteiger partial charge on any atom is -0.326 e. The van der Waals surface area contributed by atoms with Crippen LogP contribution in [0.4, 0.5) is 0 Å². The molecule has 3 rings (SSSR count). The van der Waals surface area contributed by atoms with E-state index in [4.69, 9.17) is 5.73 Å². The van der Waals surface area contributed by atoms with Gasteiger partial charge in [-0.1, -0.05) is 25.1 Å². The third kappa shape index (κ3) is 2.99. The molecule has 2 aromatic rings. The van der Waals surface area contributed by atoms with Crippen molar-refractivity contribution in [3.8, 4) is 0 Å². The van der Waals surface area contributed by atoms with Crippen LogP contribution in [0.3, 0.4) is 0 Å². The zero-order valence-electron chi connectivity index (χ0n) is 13.0.